The molecule has 2 heterocycles. The molecule has 6 nitrogen and oxygen atoms in total. The van der Waals surface area contributed by atoms with Gasteiger partial charge in [0.15, 0.2) is 5.82 Å². The average molecular weight is 395 g/mol. The van der Waals surface area contributed by atoms with Gasteiger partial charge in [0.1, 0.15) is 17.3 Å². The second kappa shape index (κ2) is 8.10. The average Bonchev–Trinajstić information content (AvgIpc) is 2.65. The third-order valence-corrected chi connectivity index (χ3v) is 5.00. The number of carbonyl (C=O) groups excluding carboxylic acids is 1. The number of hydrogen-bond donors (Lipinski definition) is 1. The smallest absolute Gasteiger partial charge is 0.242 e. The van der Waals surface area contributed by atoms with E-state index in [9.17, 15) is 4.79 Å². The van der Waals surface area contributed by atoms with Crippen LogP contribution in [0.2, 0.25) is 5.28 Å². The number of rotatable bonds is 5. The summed E-state index contributed by atoms with van der Waals surface area (Å²) in [4.78, 5) is 22.4. The van der Waals surface area contributed by atoms with Crippen LogP contribution in [0, 0.1) is 0 Å². The zero-order valence-corrected chi connectivity index (χ0v) is 15.9. The molecule has 0 fully saturated rings. The Labute approximate surface area is 162 Å². The number of aromatic nitrogens is 2. The summed E-state index contributed by atoms with van der Waals surface area (Å²) in [5.74, 6) is 0.705. The van der Waals surface area contributed by atoms with Gasteiger partial charge in [-0.1, -0.05) is 18.2 Å². The summed E-state index contributed by atoms with van der Waals surface area (Å²) in [5.41, 5.74) is 8.37. The first-order valence-corrected chi connectivity index (χ1v) is 9.28. The first kappa shape index (κ1) is 18.7. The number of hydrogen-bond acceptors (Lipinski definition) is 5. The van der Waals surface area contributed by atoms with Crippen molar-refractivity contribution in [3.63, 3.8) is 0 Å². The summed E-state index contributed by atoms with van der Waals surface area (Å²) in [6, 6.07) is 7.83. The fourth-order valence-electron chi connectivity index (χ4n) is 3.44. The van der Waals surface area contributed by atoms with E-state index in [-0.39, 0.29) is 28.9 Å². The van der Waals surface area contributed by atoms with Crippen molar-refractivity contribution in [2.75, 3.05) is 23.6 Å². The molecular weight excluding hydrogens is 375 g/mol. The fraction of sp³-hybridized carbons (Fsp3) is 0.389. The van der Waals surface area contributed by atoms with Gasteiger partial charge in [-0.3, -0.25) is 4.79 Å². The van der Waals surface area contributed by atoms with E-state index in [0.717, 1.165) is 30.6 Å². The predicted octanol–water partition coefficient (Wildman–Crippen LogP) is 3.24. The molecule has 138 valence electrons. The van der Waals surface area contributed by atoms with E-state index < -0.39 is 0 Å². The lowest BCUT2D eigenvalue weighted by atomic mass is 9.94. The van der Waals surface area contributed by atoms with E-state index in [1.807, 2.05) is 24.3 Å². The van der Waals surface area contributed by atoms with Crippen LogP contribution in [0.25, 0.3) is 0 Å². The number of carbonyl (C=O) groups is 1. The largest absolute Gasteiger partial charge is 0.496 e. The topological polar surface area (TPSA) is 81.3 Å². The molecule has 0 bridgehead atoms. The number of amides is 1. The third-order valence-electron chi connectivity index (χ3n) is 4.60. The number of benzene rings is 1. The Morgan fingerprint density at radius 3 is 2.88 bits per heavy atom. The van der Waals surface area contributed by atoms with Crippen LogP contribution >= 0.6 is 23.2 Å². The zero-order chi connectivity index (χ0) is 18.7. The quantitative estimate of drug-likeness (QED) is 0.621. The Kier molecular flexibility index (Phi) is 5.84. The highest BCUT2D eigenvalue weighted by Gasteiger charge is 2.33. The number of alkyl halides is 1. The molecule has 1 amide bonds. The molecule has 0 saturated heterocycles. The van der Waals surface area contributed by atoms with Crippen molar-refractivity contribution in [2.24, 2.45) is 0 Å². The van der Waals surface area contributed by atoms with E-state index in [1.165, 1.54) is 0 Å². The van der Waals surface area contributed by atoms with Gasteiger partial charge in [-0.25, -0.2) is 4.98 Å². The third kappa shape index (κ3) is 3.71. The fourth-order valence-corrected chi connectivity index (χ4v) is 3.76. The van der Waals surface area contributed by atoms with Gasteiger partial charge in [-0.15, -0.1) is 11.6 Å². The highest BCUT2D eigenvalue weighted by Crippen LogP contribution is 2.36. The van der Waals surface area contributed by atoms with Gasteiger partial charge >= 0.3 is 0 Å². The number of nitrogens with two attached hydrogens (primary N) is 1. The van der Waals surface area contributed by atoms with Gasteiger partial charge in [0.2, 0.25) is 11.2 Å². The minimum absolute atomic E-state index is 0.0364. The number of ether oxygens (including phenoxy) is 1. The number of methoxy groups -OCH3 is 1. The van der Waals surface area contributed by atoms with Gasteiger partial charge in [-0.2, -0.15) is 4.98 Å². The summed E-state index contributed by atoms with van der Waals surface area (Å²) in [6.07, 6.45) is 2.97. The van der Waals surface area contributed by atoms with Gasteiger partial charge in [0.05, 0.1) is 12.8 Å². The maximum Gasteiger partial charge on any atom is 0.242 e. The van der Waals surface area contributed by atoms with Crippen LogP contribution in [0.5, 0.6) is 5.75 Å². The monoisotopic (exact) mass is 394 g/mol. The van der Waals surface area contributed by atoms with E-state index >= 15 is 0 Å². The normalized spacial score (nSPS) is 16.3. The molecule has 1 aliphatic heterocycles. The van der Waals surface area contributed by atoms with Crippen molar-refractivity contribution >= 4 is 40.6 Å². The summed E-state index contributed by atoms with van der Waals surface area (Å²) in [5, 5.41) is 0.0898. The zero-order valence-electron chi connectivity index (χ0n) is 14.4. The molecule has 1 aromatic carbocycles. The molecule has 0 spiro atoms. The molecule has 3 rings (SSSR count). The molecule has 1 atom stereocenters. The van der Waals surface area contributed by atoms with Crippen molar-refractivity contribution in [3.8, 4) is 5.75 Å². The summed E-state index contributed by atoms with van der Waals surface area (Å²) < 4.78 is 5.41. The number of fused-ring (bicyclic) bond motifs is 1. The van der Waals surface area contributed by atoms with E-state index in [2.05, 4.69) is 9.97 Å². The first-order valence-electron chi connectivity index (χ1n) is 8.37. The molecule has 0 radical (unpaired) electrons. The Hall–Kier alpha value is -2.05. The number of anilines is 2. The van der Waals surface area contributed by atoms with Crippen LogP contribution in [0.3, 0.4) is 0 Å². The highest BCUT2D eigenvalue weighted by molar-refractivity contribution is 6.30. The number of para-hydroxylation sites is 1. The van der Waals surface area contributed by atoms with Gasteiger partial charge in [0.25, 0.3) is 0 Å². The predicted molar refractivity (Wildman–Crippen MR) is 103 cm³/mol. The van der Waals surface area contributed by atoms with E-state index in [4.69, 9.17) is 33.7 Å². The lowest BCUT2D eigenvalue weighted by Gasteiger charge is -2.37. The van der Waals surface area contributed by atoms with E-state index in [0.29, 0.717) is 17.8 Å². The van der Waals surface area contributed by atoms with Crippen LogP contribution in [-0.2, 0) is 17.6 Å². The number of nitrogen functional groups attached to an aromatic ring is 1. The summed E-state index contributed by atoms with van der Waals surface area (Å²) >= 11 is 11.8. The molecule has 0 aliphatic carbocycles. The van der Waals surface area contributed by atoms with Gasteiger partial charge in [0, 0.05) is 6.04 Å². The maximum absolute atomic E-state index is 12.5. The minimum Gasteiger partial charge on any atom is -0.496 e. The van der Waals surface area contributed by atoms with Gasteiger partial charge < -0.3 is 15.4 Å². The van der Waals surface area contributed by atoms with Crippen molar-refractivity contribution in [1.82, 2.24) is 9.97 Å². The maximum atomic E-state index is 12.5. The lowest BCUT2D eigenvalue weighted by Crippen LogP contribution is -2.45. The van der Waals surface area contributed by atoms with Crippen LogP contribution in [-0.4, -0.2) is 34.9 Å². The number of aryl methyl sites for hydroxylation is 2. The standard InChI is InChI=1S/C18H20Cl2N4O2/c1-26-14-5-3-2-4-11(14)6-7-12-8-9-13-16(24(12)15(25)10-19)17(21)23-18(20)22-13/h2-5,12H,6-10H2,1H3,(H2,21,22,23). The molecule has 1 aromatic heterocycles. The van der Waals surface area contributed by atoms with Crippen LogP contribution in [0.1, 0.15) is 24.1 Å². The SMILES string of the molecule is COc1ccccc1CCC1CCc2nc(Cl)nc(N)c2N1C(=O)CCl. The van der Waals surface area contributed by atoms with Crippen LogP contribution < -0.4 is 15.4 Å². The molecule has 1 unspecified atom stereocenters. The van der Waals surface area contributed by atoms with Crippen LogP contribution in [0.15, 0.2) is 24.3 Å². The Morgan fingerprint density at radius 2 is 2.15 bits per heavy atom. The first-order chi connectivity index (χ1) is 12.5. The van der Waals surface area contributed by atoms with Crippen molar-refractivity contribution in [1.29, 1.82) is 0 Å². The molecule has 0 saturated carbocycles. The molecule has 2 aromatic rings. The molecule has 1 aliphatic rings. The number of halogens is 2. The lowest BCUT2D eigenvalue weighted by molar-refractivity contribution is -0.116. The second-order valence-corrected chi connectivity index (χ2v) is 6.72. The van der Waals surface area contributed by atoms with Crippen molar-refractivity contribution in [2.45, 2.75) is 31.7 Å². The summed E-state index contributed by atoms with van der Waals surface area (Å²) in [6.45, 7) is 0. The molecular formula is C18H20Cl2N4O2. The molecule has 2 N–H and O–H groups in total. The molecule has 8 heteroatoms. The Bertz CT molecular complexity index is 816. The Morgan fingerprint density at radius 1 is 1.38 bits per heavy atom. The highest BCUT2D eigenvalue weighted by atomic mass is 35.5. The second-order valence-electron chi connectivity index (χ2n) is 6.11. The summed E-state index contributed by atoms with van der Waals surface area (Å²) in [7, 11) is 1.65. The van der Waals surface area contributed by atoms with Gasteiger partial charge in [-0.05, 0) is 48.9 Å². The minimum atomic E-state index is -0.213. The van der Waals surface area contributed by atoms with Crippen LogP contribution in [0.4, 0.5) is 11.5 Å². The Balaban J connectivity index is 1.88. The van der Waals surface area contributed by atoms with Crippen molar-refractivity contribution in [3.05, 3.63) is 40.8 Å². The number of nitrogens with zero attached hydrogens (tertiary/aromatic N) is 3. The van der Waals surface area contributed by atoms with Crippen molar-refractivity contribution < 1.29 is 9.53 Å². The van der Waals surface area contributed by atoms with E-state index in [1.54, 1.807) is 12.0 Å². The molecule has 26 heavy (non-hydrogen) atoms.